The summed E-state index contributed by atoms with van der Waals surface area (Å²) in [4.78, 5) is 15.3. The zero-order valence-corrected chi connectivity index (χ0v) is 15.1. The van der Waals surface area contributed by atoms with Crippen molar-refractivity contribution < 1.29 is 14.6 Å². The van der Waals surface area contributed by atoms with Gasteiger partial charge in [-0.1, -0.05) is 35.9 Å². The zero-order valence-electron chi connectivity index (χ0n) is 13.5. The van der Waals surface area contributed by atoms with Crippen LogP contribution in [0.5, 0.6) is 5.75 Å². The molecule has 0 radical (unpaired) electrons. The lowest BCUT2D eigenvalue weighted by molar-refractivity contribution is -0.132. The lowest BCUT2D eigenvalue weighted by Gasteiger charge is -2.12. The highest BCUT2D eigenvalue weighted by atomic mass is 35.5. The van der Waals surface area contributed by atoms with Gasteiger partial charge >= 0.3 is 5.97 Å². The average molecular weight is 374 g/mol. The lowest BCUT2D eigenvalue weighted by Crippen LogP contribution is -2.08. The van der Waals surface area contributed by atoms with Gasteiger partial charge in [-0.25, -0.2) is 9.79 Å². The molecule has 0 unspecified atom stereocenters. The highest BCUT2D eigenvalue weighted by Gasteiger charge is 2.15. The third-order valence-corrected chi connectivity index (χ3v) is 5.08. The first-order chi connectivity index (χ1) is 12.1. The van der Waals surface area contributed by atoms with Crippen molar-refractivity contribution in [2.45, 2.75) is 6.42 Å². The summed E-state index contributed by atoms with van der Waals surface area (Å²) in [6.45, 7) is 0. The second-order valence-corrected chi connectivity index (χ2v) is 6.87. The first-order valence-electron chi connectivity index (χ1n) is 7.63. The molecule has 0 atom stereocenters. The van der Waals surface area contributed by atoms with Gasteiger partial charge in [0.2, 0.25) is 0 Å². The fourth-order valence-corrected chi connectivity index (χ4v) is 3.56. The first-order valence-corrected chi connectivity index (χ1v) is 9.00. The minimum atomic E-state index is -1.01. The number of hydrogen-bond donors (Lipinski definition) is 1. The van der Waals surface area contributed by atoms with E-state index in [4.69, 9.17) is 21.4 Å². The second kappa shape index (κ2) is 7.76. The van der Waals surface area contributed by atoms with Crippen molar-refractivity contribution in [3.05, 3.63) is 76.0 Å². The molecule has 0 aliphatic carbocycles. The van der Waals surface area contributed by atoms with E-state index in [0.717, 1.165) is 22.4 Å². The summed E-state index contributed by atoms with van der Waals surface area (Å²) in [7, 11) is 1.64. The molecule has 1 N–H and O–H groups in total. The largest absolute Gasteiger partial charge is 0.497 e. The third kappa shape index (κ3) is 4.24. The van der Waals surface area contributed by atoms with E-state index in [-0.39, 0.29) is 5.70 Å². The molecule has 0 saturated heterocycles. The Bertz CT molecular complexity index is 859. The second-order valence-electron chi connectivity index (χ2n) is 5.45. The molecular formula is C19H16ClNO3S. The molecule has 2 aromatic carbocycles. The fraction of sp³-hybridized carbons (Fsp3) is 0.158. The summed E-state index contributed by atoms with van der Waals surface area (Å²) in [6, 6.07) is 13.6. The zero-order chi connectivity index (χ0) is 17.8. The number of aliphatic imine (C=N–C) groups is 1. The Morgan fingerprint density at radius 2 is 2.04 bits per heavy atom. The van der Waals surface area contributed by atoms with Crippen molar-refractivity contribution in [1.29, 1.82) is 0 Å². The number of carboxylic acids is 1. The third-order valence-electron chi connectivity index (χ3n) is 3.79. The summed E-state index contributed by atoms with van der Waals surface area (Å²) in [5, 5.41) is 10.4. The average Bonchev–Trinajstić information content (AvgIpc) is 2.64. The predicted octanol–water partition coefficient (Wildman–Crippen LogP) is 4.40. The van der Waals surface area contributed by atoms with Crippen molar-refractivity contribution >= 4 is 34.4 Å². The molecule has 0 saturated carbocycles. The molecule has 0 amide bonds. The number of carboxylic acid groups (broad SMARTS) is 1. The van der Waals surface area contributed by atoms with Crippen LogP contribution in [-0.4, -0.2) is 29.0 Å². The molecule has 1 heterocycles. The van der Waals surface area contributed by atoms with Gasteiger partial charge in [0, 0.05) is 16.3 Å². The number of hydrogen-bond acceptors (Lipinski definition) is 4. The molecule has 1 aliphatic rings. The van der Waals surface area contributed by atoms with Crippen LogP contribution in [-0.2, 0) is 11.2 Å². The summed E-state index contributed by atoms with van der Waals surface area (Å²) < 4.78 is 5.16. The molecule has 3 rings (SSSR count). The van der Waals surface area contributed by atoms with Gasteiger partial charge in [0.25, 0.3) is 0 Å². The van der Waals surface area contributed by atoms with E-state index in [2.05, 4.69) is 4.99 Å². The van der Waals surface area contributed by atoms with Crippen LogP contribution in [0.15, 0.2) is 59.2 Å². The summed E-state index contributed by atoms with van der Waals surface area (Å²) in [6.07, 6.45) is 2.32. The van der Waals surface area contributed by atoms with E-state index in [9.17, 15) is 4.79 Å². The van der Waals surface area contributed by atoms with Crippen LogP contribution < -0.4 is 4.74 Å². The van der Waals surface area contributed by atoms with Gasteiger partial charge in [-0.15, -0.1) is 11.8 Å². The van der Waals surface area contributed by atoms with Crippen molar-refractivity contribution in [2.24, 2.45) is 4.99 Å². The molecule has 0 spiro atoms. The number of thioether (sulfide) groups is 1. The molecule has 0 aromatic heterocycles. The lowest BCUT2D eigenvalue weighted by atomic mass is 10.0. The highest BCUT2D eigenvalue weighted by molar-refractivity contribution is 8.14. The number of benzene rings is 2. The van der Waals surface area contributed by atoms with Crippen LogP contribution in [0.1, 0.15) is 16.7 Å². The minimum Gasteiger partial charge on any atom is -0.497 e. The number of nitrogens with zero attached hydrogens (tertiary/aromatic N) is 1. The Balaban J connectivity index is 1.81. The monoisotopic (exact) mass is 373 g/mol. The SMILES string of the molecule is COc1ccc(Cc2ccc(C3=NC(C(=O)O)=CCS3)cc2Cl)cc1. The maximum Gasteiger partial charge on any atom is 0.354 e. The quantitative estimate of drug-likeness (QED) is 0.843. The van der Waals surface area contributed by atoms with Crippen molar-refractivity contribution in [2.75, 3.05) is 12.9 Å². The molecule has 1 aliphatic heterocycles. The van der Waals surface area contributed by atoms with Crippen LogP contribution >= 0.6 is 23.4 Å². The van der Waals surface area contributed by atoms with Crippen molar-refractivity contribution in [3.63, 3.8) is 0 Å². The minimum absolute atomic E-state index is 0.0761. The van der Waals surface area contributed by atoms with E-state index < -0.39 is 5.97 Å². The van der Waals surface area contributed by atoms with Gasteiger partial charge in [0.15, 0.2) is 0 Å². The van der Waals surface area contributed by atoms with Crippen LogP contribution in [0.2, 0.25) is 5.02 Å². The van der Waals surface area contributed by atoms with Gasteiger partial charge in [0.05, 0.1) is 7.11 Å². The molecule has 2 aromatic rings. The Kier molecular flexibility index (Phi) is 5.46. The van der Waals surface area contributed by atoms with Gasteiger partial charge < -0.3 is 9.84 Å². The molecular weight excluding hydrogens is 358 g/mol. The molecule has 25 heavy (non-hydrogen) atoms. The van der Waals surface area contributed by atoms with Crippen molar-refractivity contribution in [1.82, 2.24) is 0 Å². The number of ether oxygens (including phenoxy) is 1. The van der Waals surface area contributed by atoms with Crippen LogP contribution in [0.4, 0.5) is 0 Å². The topological polar surface area (TPSA) is 58.9 Å². The van der Waals surface area contributed by atoms with E-state index in [0.29, 0.717) is 22.2 Å². The van der Waals surface area contributed by atoms with Crippen molar-refractivity contribution in [3.8, 4) is 5.75 Å². The molecule has 128 valence electrons. The van der Waals surface area contributed by atoms with E-state index in [1.807, 2.05) is 42.5 Å². The van der Waals surface area contributed by atoms with Crippen LogP contribution in [0.3, 0.4) is 0 Å². The van der Waals surface area contributed by atoms with Gasteiger partial charge in [-0.3, -0.25) is 0 Å². The summed E-state index contributed by atoms with van der Waals surface area (Å²) in [5.41, 5.74) is 3.05. The Morgan fingerprint density at radius 1 is 1.28 bits per heavy atom. The Labute approximate surface area is 155 Å². The molecule has 4 nitrogen and oxygen atoms in total. The number of rotatable bonds is 5. The van der Waals surface area contributed by atoms with Gasteiger partial charge in [-0.05, 0) is 41.8 Å². The normalized spacial score (nSPS) is 13.8. The highest BCUT2D eigenvalue weighted by Crippen LogP contribution is 2.27. The molecule has 0 bridgehead atoms. The number of aliphatic carboxylic acids is 1. The maximum atomic E-state index is 11.1. The predicted molar refractivity (Wildman–Crippen MR) is 102 cm³/mol. The first kappa shape index (κ1) is 17.6. The van der Waals surface area contributed by atoms with E-state index in [1.165, 1.54) is 11.8 Å². The Hall–Kier alpha value is -2.24. The summed E-state index contributed by atoms with van der Waals surface area (Å²) in [5.74, 6) is 0.394. The smallest absolute Gasteiger partial charge is 0.354 e. The summed E-state index contributed by atoms with van der Waals surface area (Å²) >= 11 is 7.93. The van der Waals surface area contributed by atoms with E-state index >= 15 is 0 Å². The number of carbonyl (C=O) groups is 1. The fourth-order valence-electron chi connectivity index (χ4n) is 2.46. The van der Waals surface area contributed by atoms with Gasteiger partial charge in [0.1, 0.15) is 16.5 Å². The van der Waals surface area contributed by atoms with Crippen LogP contribution in [0, 0.1) is 0 Å². The molecule has 0 fully saturated rings. The number of methoxy groups -OCH3 is 1. The molecule has 6 heteroatoms. The van der Waals surface area contributed by atoms with Crippen LogP contribution in [0.25, 0.3) is 0 Å². The Morgan fingerprint density at radius 3 is 2.68 bits per heavy atom. The maximum absolute atomic E-state index is 11.1. The number of halogens is 1. The van der Waals surface area contributed by atoms with E-state index in [1.54, 1.807) is 13.2 Å². The standard InChI is InChI=1S/C19H16ClNO3S/c1-24-15-6-2-12(3-7-15)10-13-4-5-14(11-16(13)20)18-21-17(19(22)23)8-9-25-18/h2-8,11H,9-10H2,1H3,(H,22,23). The van der Waals surface area contributed by atoms with Gasteiger partial charge in [-0.2, -0.15) is 0 Å².